The van der Waals surface area contributed by atoms with E-state index in [4.69, 9.17) is 16.7 Å². The van der Waals surface area contributed by atoms with Gasteiger partial charge < -0.3 is 10.2 Å². The number of carboxylic acids is 1. The molecule has 0 aliphatic carbocycles. The number of carbonyl (C=O) groups is 1. The van der Waals surface area contributed by atoms with Gasteiger partial charge in [-0.05, 0) is 34.5 Å². The van der Waals surface area contributed by atoms with Gasteiger partial charge in [-0.3, -0.25) is 0 Å². The van der Waals surface area contributed by atoms with Crippen LogP contribution in [0.15, 0.2) is 21.5 Å². The summed E-state index contributed by atoms with van der Waals surface area (Å²) >= 11 is 8.82. The average Bonchev–Trinajstić information content (AvgIpc) is 2.39. The van der Waals surface area contributed by atoms with E-state index < -0.39 is 22.1 Å². The third-order valence-electron chi connectivity index (χ3n) is 2.67. The maximum Gasteiger partial charge on any atom is 0.337 e. The quantitative estimate of drug-likeness (QED) is 0.651. The maximum atomic E-state index is 12.1. The lowest BCUT2D eigenvalue weighted by molar-refractivity contribution is 0.0696. The molecule has 0 aliphatic heterocycles. The van der Waals surface area contributed by atoms with Gasteiger partial charge in [0, 0.05) is 11.0 Å². The average molecular weight is 401 g/mol. The highest BCUT2D eigenvalue weighted by Crippen LogP contribution is 2.29. The van der Waals surface area contributed by atoms with Crippen molar-refractivity contribution in [1.82, 2.24) is 4.72 Å². The molecule has 118 valence electrons. The highest BCUT2D eigenvalue weighted by Gasteiger charge is 2.21. The topological polar surface area (TPSA) is 104 Å². The summed E-state index contributed by atoms with van der Waals surface area (Å²) in [6, 6.07) is 2.19. The van der Waals surface area contributed by atoms with E-state index in [1.807, 2.05) is 6.92 Å². The predicted octanol–water partition coefficient (Wildman–Crippen LogP) is 2.24. The number of hydrogen-bond acceptors (Lipinski definition) is 4. The summed E-state index contributed by atoms with van der Waals surface area (Å²) in [5.41, 5.74) is -0.319. The Morgan fingerprint density at radius 3 is 2.62 bits per heavy atom. The largest absolute Gasteiger partial charge is 0.478 e. The lowest BCUT2D eigenvalue weighted by Crippen LogP contribution is -2.32. The van der Waals surface area contributed by atoms with Crippen molar-refractivity contribution >= 4 is 43.5 Å². The van der Waals surface area contributed by atoms with Crippen LogP contribution in [0.5, 0.6) is 0 Å². The fourth-order valence-corrected chi connectivity index (χ4v) is 3.53. The van der Waals surface area contributed by atoms with Crippen LogP contribution in [-0.2, 0) is 10.0 Å². The van der Waals surface area contributed by atoms with Crippen LogP contribution in [0.3, 0.4) is 0 Å². The van der Waals surface area contributed by atoms with Gasteiger partial charge in [0.1, 0.15) is 0 Å². The molecule has 1 rings (SSSR count). The van der Waals surface area contributed by atoms with Gasteiger partial charge in [0.2, 0.25) is 10.0 Å². The zero-order valence-corrected chi connectivity index (χ0v) is 14.3. The van der Waals surface area contributed by atoms with Crippen LogP contribution in [0.2, 0.25) is 5.02 Å². The van der Waals surface area contributed by atoms with E-state index in [-0.39, 0.29) is 26.5 Å². The Balaban J connectivity index is 3.06. The first-order valence-corrected chi connectivity index (χ1v) is 8.74. The van der Waals surface area contributed by atoms with Crippen molar-refractivity contribution in [1.29, 1.82) is 0 Å². The third kappa shape index (κ3) is 4.93. The molecule has 21 heavy (non-hydrogen) atoms. The second-order valence-electron chi connectivity index (χ2n) is 4.37. The summed E-state index contributed by atoms with van der Waals surface area (Å²) in [6.45, 7) is 1.73. The van der Waals surface area contributed by atoms with E-state index in [0.717, 1.165) is 12.5 Å². The number of nitrogens with one attached hydrogen (secondary N) is 1. The molecule has 0 saturated heterocycles. The summed E-state index contributed by atoms with van der Waals surface area (Å²) in [5.74, 6) is -1.33. The Kier molecular flexibility index (Phi) is 6.61. The van der Waals surface area contributed by atoms with Crippen LogP contribution in [0.1, 0.15) is 30.1 Å². The second-order valence-corrected chi connectivity index (χ2v) is 7.37. The van der Waals surface area contributed by atoms with Gasteiger partial charge in [0.25, 0.3) is 0 Å². The Labute approximate surface area is 136 Å². The van der Waals surface area contributed by atoms with Crippen molar-refractivity contribution in [2.75, 3.05) is 6.54 Å². The van der Waals surface area contributed by atoms with Crippen molar-refractivity contribution in [3.05, 3.63) is 27.2 Å². The number of aliphatic hydroxyl groups excluding tert-OH is 1. The standard InChI is InChI=1S/C12H15BrClNO5S/c1-2-3-7(16)6-15-21(19,20)8-4-9(12(17)18)11(14)10(13)5-8/h4-5,7,15-16H,2-3,6H2,1H3,(H,17,18). The SMILES string of the molecule is CCCC(O)CNS(=O)(=O)c1cc(Br)c(Cl)c(C(=O)O)c1. The molecule has 1 atom stereocenters. The summed E-state index contributed by atoms with van der Waals surface area (Å²) in [6.07, 6.45) is 0.394. The van der Waals surface area contributed by atoms with E-state index in [1.165, 1.54) is 6.07 Å². The van der Waals surface area contributed by atoms with Crippen LogP contribution < -0.4 is 4.72 Å². The molecule has 0 spiro atoms. The molecule has 0 saturated carbocycles. The summed E-state index contributed by atoms with van der Waals surface area (Å²) < 4.78 is 26.6. The number of rotatable bonds is 7. The van der Waals surface area contributed by atoms with E-state index in [1.54, 1.807) is 0 Å². The first-order chi connectivity index (χ1) is 9.69. The normalized spacial score (nSPS) is 13.1. The van der Waals surface area contributed by atoms with Crippen molar-refractivity contribution in [3.8, 4) is 0 Å². The number of benzene rings is 1. The molecule has 0 heterocycles. The maximum absolute atomic E-state index is 12.1. The van der Waals surface area contributed by atoms with Gasteiger partial charge in [0.05, 0.1) is 21.6 Å². The molecule has 0 bridgehead atoms. The summed E-state index contributed by atoms with van der Waals surface area (Å²) in [5, 5.41) is 18.5. The van der Waals surface area contributed by atoms with Crippen LogP contribution in [-0.4, -0.2) is 37.2 Å². The Bertz CT molecular complexity index is 635. The summed E-state index contributed by atoms with van der Waals surface area (Å²) in [7, 11) is -3.93. The fraction of sp³-hybridized carbons (Fsp3) is 0.417. The van der Waals surface area contributed by atoms with E-state index in [2.05, 4.69) is 20.7 Å². The minimum atomic E-state index is -3.93. The number of aliphatic hydroxyl groups is 1. The lowest BCUT2D eigenvalue weighted by atomic mass is 10.2. The lowest BCUT2D eigenvalue weighted by Gasteiger charge is -2.12. The van der Waals surface area contributed by atoms with Gasteiger partial charge in [-0.2, -0.15) is 0 Å². The number of halogens is 2. The molecule has 0 fully saturated rings. The molecule has 0 aromatic heterocycles. The van der Waals surface area contributed by atoms with E-state index in [0.29, 0.717) is 6.42 Å². The van der Waals surface area contributed by atoms with Crippen LogP contribution in [0.25, 0.3) is 0 Å². The highest BCUT2D eigenvalue weighted by atomic mass is 79.9. The van der Waals surface area contributed by atoms with Gasteiger partial charge in [-0.1, -0.05) is 24.9 Å². The fourth-order valence-electron chi connectivity index (χ4n) is 1.60. The molecule has 0 amide bonds. The smallest absolute Gasteiger partial charge is 0.337 e. The molecule has 0 radical (unpaired) electrons. The van der Waals surface area contributed by atoms with Gasteiger partial charge in [-0.15, -0.1) is 0 Å². The minimum absolute atomic E-state index is 0.0764. The molecule has 1 aromatic carbocycles. The molecule has 1 unspecified atom stereocenters. The Hall–Kier alpha value is -0.670. The molecular formula is C12H15BrClNO5S. The van der Waals surface area contributed by atoms with Gasteiger partial charge in [0.15, 0.2) is 0 Å². The van der Waals surface area contributed by atoms with Gasteiger partial charge in [-0.25, -0.2) is 17.9 Å². The van der Waals surface area contributed by atoms with Crippen LogP contribution >= 0.6 is 27.5 Å². The minimum Gasteiger partial charge on any atom is -0.478 e. The molecule has 9 heteroatoms. The molecule has 6 nitrogen and oxygen atoms in total. The summed E-state index contributed by atoms with van der Waals surface area (Å²) in [4.78, 5) is 10.8. The van der Waals surface area contributed by atoms with Crippen molar-refractivity contribution < 1.29 is 23.4 Å². The molecule has 3 N–H and O–H groups in total. The molecule has 1 aromatic rings. The monoisotopic (exact) mass is 399 g/mol. The molecular weight excluding hydrogens is 386 g/mol. The van der Waals surface area contributed by atoms with Crippen LogP contribution in [0.4, 0.5) is 0 Å². The van der Waals surface area contributed by atoms with E-state index >= 15 is 0 Å². The Morgan fingerprint density at radius 2 is 2.10 bits per heavy atom. The van der Waals surface area contributed by atoms with Crippen molar-refractivity contribution in [2.45, 2.75) is 30.8 Å². The number of sulfonamides is 1. The van der Waals surface area contributed by atoms with Crippen molar-refractivity contribution in [2.24, 2.45) is 0 Å². The predicted molar refractivity (Wildman–Crippen MR) is 82.2 cm³/mol. The first-order valence-electron chi connectivity index (χ1n) is 6.09. The van der Waals surface area contributed by atoms with Gasteiger partial charge >= 0.3 is 5.97 Å². The van der Waals surface area contributed by atoms with Crippen molar-refractivity contribution in [3.63, 3.8) is 0 Å². The third-order valence-corrected chi connectivity index (χ3v) is 5.34. The number of carboxylic acid groups (broad SMARTS) is 1. The zero-order chi connectivity index (χ0) is 16.2. The highest BCUT2D eigenvalue weighted by molar-refractivity contribution is 9.10. The number of aromatic carboxylic acids is 1. The Morgan fingerprint density at radius 1 is 1.48 bits per heavy atom. The molecule has 0 aliphatic rings. The number of hydrogen-bond donors (Lipinski definition) is 3. The van der Waals surface area contributed by atoms with E-state index in [9.17, 15) is 18.3 Å². The zero-order valence-electron chi connectivity index (χ0n) is 11.1. The van der Waals surface area contributed by atoms with Crippen LogP contribution in [0, 0.1) is 0 Å². The second kappa shape index (κ2) is 7.55. The first kappa shape index (κ1) is 18.4.